The van der Waals surface area contributed by atoms with Crippen molar-refractivity contribution < 1.29 is 34.2 Å². The second-order valence-electron chi connectivity index (χ2n) is 10.5. The number of phenols is 1. The number of phenolic OH excluding ortho intramolecular Hbond substituents is 1. The lowest BCUT2D eigenvalue weighted by molar-refractivity contribution is -0.141. The largest absolute Gasteiger partial charge is 0.508 e. The van der Waals surface area contributed by atoms with Crippen molar-refractivity contribution in [3.8, 4) is 5.75 Å². The topological polar surface area (TPSA) is 264 Å². The number of amides is 4. The van der Waals surface area contributed by atoms with Gasteiger partial charge in [0.05, 0.1) is 6.04 Å². The molecule has 0 saturated heterocycles. The highest BCUT2D eigenvalue weighted by Gasteiger charge is 2.29. The zero-order chi connectivity index (χ0) is 33.5. The Kier molecular flexibility index (Phi) is 14.3. The van der Waals surface area contributed by atoms with Gasteiger partial charge in [-0.2, -0.15) is 0 Å². The highest BCUT2D eigenvalue weighted by Crippen LogP contribution is 2.12. The third-order valence-electron chi connectivity index (χ3n) is 6.71. The molecule has 2 aromatic rings. The van der Waals surface area contributed by atoms with E-state index in [0.717, 1.165) is 0 Å². The van der Waals surface area contributed by atoms with Crippen LogP contribution in [0.4, 0.5) is 0 Å². The Bertz CT molecular complexity index is 1330. The van der Waals surface area contributed by atoms with Crippen LogP contribution in [0.3, 0.4) is 0 Å². The fraction of sp³-hybridized carbons (Fsp3) is 0.400. The van der Waals surface area contributed by atoms with Gasteiger partial charge in [0, 0.05) is 19.4 Å². The fourth-order valence-corrected chi connectivity index (χ4v) is 4.12. The number of nitrogens with zero attached hydrogens (tertiary/aromatic N) is 1. The summed E-state index contributed by atoms with van der Waals surface area (Å²) in [6.45, 7) is 2.97. The normalized spacial score (nSPS) is 14.0. The molecule has 15 nitrogen and oxygen atoms in total. The number of nitrogens with one attached hydrogen (secondary N) is 4. The number of benzene rings is 2. The molecule has 0 aliphatic carbocycles. The SMILES string of the molecule is C[C@@H](NC(=O)[C@H](Cc1ccccc1)NC(=O)[C@@H](C)NC(=O)[C@H](Cc1ccc(O)cc1)NC(=O)[C@@H](N)CCCN=C(N)N)C(=O)O. The van der Waals surface area contributed by atoms with E-state index in [1.54, 1.807) is 42.5 Å². The Labute approximate surface area is 261 Å². The summed E-state index contributed by atoms with van der Waals surface area (Å²) >= 11 is 0. The van der Waals surface area contributed by atoms with Crippen LogP contribution in [0, 0.1) is 0 Å². The van der Waals surface area contributed by atoms with E-state index in [9.17, 15) is 34.2 Å². The molecule has 0 aliphatic heterocycles. The number of nitrogens with two attached hydrogens (primary N) is 3. The van der Waals surface area contributed by atoms with Crippen LogP contribution in [0.25, 0.3) is 0 Å². The molecule has 0 fully saturated rings. The Morgan fingerprint density at radius 1 is 0.733 bits per heavy atom. The van der Waals surface area contributed by atoms with Crippen LogP contribution in [0.2, 0.25) is 0 Å². The zero-order valence-corrected chi connectivity index (χ0v) is 25.2. The summed E-state index contributed by atoms with van der Waals surface area (Å²) < 4.78 is 0. The molecule has 0 aliphatic rings. The molecule has 0 aromatic heterocycles. The molecule has 244 valence electrons. The summed E-state index contributed by atoms with van der Waals surface area (Å²) in [5.41, 5.74) is 18.0. The molecule has 45 heavy (non-hydrogen) atoms. The van der Waals surface area contributed by atoms with Crippen molar-refractivity contribution in [3.05, 3.63) is 65.7 Å². The van der Waals surface area contributed by atoms with Crippen LogP contribution in [0.5, 0.6) is 5.75 Å². The number of carboxylic acid groups (broad SMARTS) is 1. The van der Waals surface area contributed by atoms with E-state index in [4.69, 9.17) is 17.2 Å². The molecule has 2 rings (SSSR count). The molecule has 0 radical (unpaired) electrons. The van der Waals surface area contributed by atoms with Crippen molar-refractivity contribution in [1.82, 2.24) is 21.3 Å². The van der Waals surface area contributed by atoms with E-state index < -0.39 is 59.8 Å². The number of carbonyl (C=O) groups is 5. The molecule has 2 aromatic carbocycles. The van der Waals surface area contributed by atoms with Crippen LogP contribution in [-0.2, 0) is 36.8 Å². The molecule has 4 amide bonds. The van der Waals surface area contributed by atoms with Crippen molar-refractivity contribution in [2.75, 3.05) is 6.54 Å². The van der Waals surface area contributed by atoms with Crippen LogP contribution < -0.4 is 38.5 Å². The number of rotatable bonds is 17. The van der Waals surface area contributed by atoms with E-state index in [1.165, 1.54) is 26.0 Å². The van der Waals surface area contributed by atoms with Gasteiger partial charge in [-0.25, -0.2) is 0 Å². The van der Waals surface area contributed by atoms with Gasteiger partial charge in [-0.05, 0) is 49.9 Å². The van der Waals surface area contributed by atoms with Gasteiger partial charge in [-0.15, -0.1) is 0 Å². The lowest BCUT2D eigenvalue weighted by Crippen LogP contribution is -2.58. The van der Waals surface area contributed by atoms with Gasteiger partial charge in [0.25, 0.3) is 0 Å². The van der Waals surface area contributed by atoms with Crippen molar-refractivity contribution in [1.29, 1.82) is 0 Å². The average molecular weight is 627 g/mol. The van der Waals surface area contributed by atoms with Gasteiger partial charge in [-0.1, -0.05) is 42.5 Å². The van der Waals surface area contributed by atoms with Crippen molar-refractivity contribution in [2.45, 2.75) is 69.7 Å². The molecule has 12 N–H and O–H groups in total. The molecule has 0 unspecified atom stereocenters. The second kappa shape index (κ2) is 17.8. The number of aromatic hydroxyl groups is 1. The highest BCUT2D eigenvalue weighted by atomic mass is 16.4. The van der Waals surface area contributed by atoms with Gasteiger partial charge >= 0.3 is 5.97 Å². The van der Waals surface area contributed by atoms with Gasteiger partial charge in [0.2, 0.25) is 23.6 Å². The predicted octanol–water partition coefficient (Wildman–Crippen LogP) is -1.38. The molecule has 0 heterocycles. The summed E-state index contributed by atoms with van der Waals surface area (Å²) in [6, 6.07) is 9.19. The summed E-state index contributed by atoms with van der Waals surface area (Å²) in [6.07, 6.45) is 0.729. The Balaban J connectivity index is 2.15. The maximum Gasteiger partial charge on any atom is 0.325 e. The van der Waals surface area contributed by atoms with Crippen molar-refractivity contribution in [2.24, 2.45) is 22.2 Å². The summed E-state index contributed by atoms with van der Waals surface area (Å²) in [5.74, 6) is -4.05. The van der Waals surface area contributed by atoms with Gasteiger partial charge < -0.3 is 48.7 Å². The van der Waals surface area contributed by atoms with Gasteiger partial charge in [-0.3, -0.25) is 29.0 Å². The van der Waals surface area contributed by atoms with E-state index >= 15 is 0 Å². The minimum atomic E-state index is -1.25. The van der Waals surface area contributed by atoms with Crippen LogP contribution in [0.15, 0.2) is 59.6 Å². The third-order valence-corrected chi connectivity index (χ3v) is 6.71. The minimum Gasteiger partial charge on any atom is -0.508 e. The van der Waals surface area contributed by atoms with E-state index in [2.05, 4.69) is 26.3 Å². The number of carbonyl (C=O) groups excluding carboxylic acids is 4. The fourth-order valence-electron chi connectivity index (χ4n) is 4.12. The number of hydrogen-bond donors (Lipinski definition) is 9. The van der Waals surface area contributed by atoms with E-state index in [-0.39, 0.29) is 37.5 Å². The Morgan fingerprint density at radius 2 is 1.24 bits per heavy atom. The maximum absolute atomic E-state index is 13.4. The molecule has 15 heteroatoms. The first kappa shape index (κ1) is 36.0. The standard InChI is InChI=1S/C30H42N8O7/c1-17(25(40)37-23(15-19-7-4-3-5-8-19)28(43)36-18(2)29(44)45)35-27(42)24(16-20-10-12-21(39)13-11-20)38-26(41)22(31)9-6-14-34-30(32)33/h3-5,7-8,10-13,17-18,22-24,39H,6,9,14-16,31H2,1-2H3,(H,35,42)(H,36,43)(H,37,40)(H,38,41)(H,44,45)(H4,32,33,34)/t17-,18-,22+,23+,24+/m1/s1. The maximum atomic E-state index is 13.4. The summed E-state index contributed by atoms with van der Waals surface area (Å²) in [7, 11) is 0. The van der Waals surface area contributed by atoms with Crippen LogP contribution in [-0.4, -0.2) is 82.5 Å². The Hall–Kier alpha value is -5.18. The molecular formula is C30H42N8O7. The number of guanidine groups is 1. The van der Waals surface area contributed by atoms with E-state index in [1.807, 2.05) is 0 Å². The quantitative estimate of drug-likeness (QED) is 0.0564. The smallest absolute Gasteiger partial charge is 0.325 e. The zero-order valence-electron chi connectivity index (χ0n) is 25.2. The van der Waals surface area contributed by atoms with Crippen LogP contribution in [0.1, 0.15) is 37.8 Å². The first-order valence-corrected chi connectivity index (χ1v) is 14.3. The summed E-state index contributed by atoms with van der Waals surface area (Å²) in [5, 5.41) is 28.9. The lowest BCUT2D eigenvalue weighted by atomic mass is 10.0. The van der Waals surface area contributed by atoms with Crippen molar-refractivity contribution >= 4 is 35.6 Å². The molecule has 5 atom stereocenters. The van der Waals surface area contributed by atoms with Crippen molar-refractivity contribution in [3.63, 3.8) is 0 Å². The van der Waals surface area contributed by atoms with Crippen LogP contribution >= 0.6 is 0 Å². The number of hydrogen-bond acceptors (Lipinski definition) is 8. The summed E-state index contributed by atoms with van der Waals surface area (Å²) in [4.78, 5) is 67.4. The van der Waals surface area contributed by atoms with E-state index in [0.29, 0.717) is 17.5 Å². The minimum absolute atomic E-state index is 0.0129. The molecular weight excluding hydrogens is 584 g/mol. The number of aliphatic carboxylic acids is 1. The highest BCUT2D eigenvalue weighted by molar-refractivity contribution is 5.95. The van der Waals surface area contributed by atoms with Gasteiger partial charge in [0.1, 0.15) is 29.9 Å². The van der Waals surface area contributed by atoms with Gasteiger partial charge in [0.15, 0.2) is 5.96 Å². The monoisotopic (exact) mass is 626 g/mol. The Morgan fingerprint density at radius 3 is 1.78 bits per heavy atom. The third kappa shape index (κ3) is 12.9. The number of aliphatic imine (C=N–C) groups is 1. The average Bonchev–Trinajstić information content (AvgIpc) is 2.99. The molecule has 0 bridgehead atoms. The molecule has 0 saturated carbocycles. The molecule has 0 spiro atoms. The first-order chi connectivity index (χ1) is 21.3. The number of carboxylic acids is 1. The predicted molar refractivity (Wildman–Crippen MR) is 167 cm³/mol. The second-order valence-corrected chi connectivity index (χ2v) is 10.5. The first-order valence-electron chi connectivity index (χ1n) is 14.3. The lowest BCUT2D eigenvalue weighted by Gasteiger charge is -2.25.